The molecule has 0 amide bonds. The summed E-state index contributed by atoms with van der Waals surface area (Å²) >= 11 is 14.0. The Morgan fingerprint density at radius 3 is 2.65 bits per heavy atom. The Bertz CT molecular complexity index is 1360. The summed E-state index contributed by atoms with van der Waals surface area (Å²) in [5.41, 5.74) is 2.92. The number of hydrogen-bond donors (Lipinski definition) is 1. The Balaban J connectivity index is 1.48. The van der Waals surface area contributed by atoms with Crippen LogP contribution in [0.15, 0.2) is 93.4 Å². The molecule has 1 aliphatic heterocycles. The van der Waals surface area contributed by atoms with E-state index in [0.717, 1.165) is 27.1 Å². The summed E-state index contributed by atoms with van der Waals surface area (Å²) in [4.78, 5) is 7.74. The fourth-order valence-electron chi connectivity index (χ4n) is 4.18. The highest BCUT2D eigenvalue weighted by Crippen LogP contribution is 2.44. The van der Waals surface area contributed by atoms with Gasteiger partial charge in [0.1, 0.15) is 24.2 Å². The number of thiocarbonyl (C=S) groups is 1. The van der Waals surface area contributed by atoms with Crippen LogP contribution in [0.5, 0.6) is 5.75 Å². The number of hydrogen-bond acceptors (Lipinski definition) is 6. The van der Waals surface area contributed by atoms with E-state index in [4.69, 9.17) is 37.7 Å². The molecule has 1 fully saturated rings. The van der Waals surface area contributed by atoms with E-state index in [1.807, 2.05) is 53.4 Å². The van der Waals surface area contributed by atoms with Crippen LogP contribution in [-0.4, -0.2) is 30.4 Å². The monoisotopic (exact) mass is 551 g/mol. The van der Waals surface area contributed by atoms with E-state index in [1.54, 1.807) is 25.1 Å². The lowest BCUT2D eigenvalue weighted by Gasteiger charge is -2.26. The van der Waals surface area contributed by atoms with Crippen molar-refractivity contribution < 1.29 is 13.9 Å². The number of aromatic nitrogens is 1. The first-order valence-electron chi connectivity index (χ1n) is 11.8. The zero-order valence-corrected chi connectivity index (χ0v) is 22.8. The molecule has 0 unspecified atom stereocenters. The topological polar surface area (TPSA) is 59.8 Å². The number of benzene rings is 2. The minimum atomic E-state index is -0.272. The quantitative estimate of drug-likeness (QED) is 0.176. The zero-order chi connectivity index (χ0) is 25.8. The molecule has 5 rings (SSSR count). The van der Waals surface area contributed by atoms with Gasteiger partial charge in [0.2, 0.25) is 0 Å². The highest BCUT2D eigenvalue weighted by atomic mass is 35.5. The molecule has 190 valence electrons. The number of furan rings is 1. The standard InChI is InChI=1S/C28H26ClN3O3S2/c1-18-6-9-20(10-7-18)37-25-13-12-24(35-25)27-26(22-5-3-4-14-30-22)31-28(36)32(27)19-8-11-23(21(29)17-19)34-16-15-33-2/h3-14,17,26-27H,15-16H2,1-2H3,(H,31,36)/t26-,27+/m1/s1. The highest BCUT2D eigenvalue weighted by Gasteiger charge is 2.42. The van der Waals surface area contributed by atoms with Crippen LogP contribution < -0.4 is 15.0 Å². The van der Waals surface area contributed by atoms with E-state index in [9.17, 15) is 0 Å². The average molecular weight is 552 g/mol. The van der Waals surface area contributed by atoms with Gasteiger partial charge in [-0.3, -0.25) is 4.98 Å². The third-order valence-electron chi connectivity index (χ3n) is 5.97. The van der Waals surface area contributed by atoms with Gasteiger partial charge < -0.3 is 24.1 Å². The van der Waals surface area contributed by atoms with Crippen LogP contribution >= 0.6 is 35.6 Å². The van der Waals surface area contributed by atoms with Crippen LogP contribution in [0, 0.1) is 6.92 Å². The van der Waals surface area contributed by atoms with Crippen LogP contribution in [0.3, 0.4) is 0 Å². The van der Waals surface area contributed by atoms with Gasteiger partial charge >= 0.3 is 0 Å². The highest BCUT2D eigenvalue weighted by molar-refractivity contribution is 7.99. The maximum Gasteiger partial charge on any atom is 0.174 e. The molecular weight excluding hydrogens is 526 g/mol. The number of aryl methyl sites for hydroxylation is 1. The minimum absolute atomic E-state index is 0.214. The maximum absolute atomic E-state index is 6.59. The van der Waals surface area contributed by atoms with Crippen molar-refractivity contribution in [2.75, 3.05) is 25.2 Å². The summed E-state index contributed by atoms with van der Waals surface area (Å²) in [6.07, 6.45) is 1.78. The van der Waals surface area contributed by atoms with Crippen molar-refractivity contribution in [1.29, 1.82) is 0 Å². The fourth-order valence-corrected chi connectivity index (χ4v) is 5.54. The summed E-state index contributed by atoms with van der Waals surface area (Å²) in [7, 11) is 1.63. The van der Waals surface area contributed by atoms with Crippen molar-refractivity contribution in [3.63, 3.8) is 0 Å². The molecule has 2 atom stereocenters. The fraction of sp³-hybridized carbons (Fsp3) is 0.214. The van der Waals surface area contributed by atoms with E-state index in [1.165, 1.54) is 5.56 Å². The molecule has 2 aromatic heterocycles. The number of rotatable bonds is 9. The summed E-state index contributed by atoms with van der Waals surface area (Å²) in [6, 6.07) is 23.4. The molecule has 0 bridgehead atoms. The molecule has 4 aromatic rings. The Hall–Kier alpha value is -3.04. The molecule has 37 heavy (non-hydrogen) atoms. The van der Waals surface area contributed by atoms with E-state index < -0.39 is 0 Å². The van der Waals surface area contributed by atoms with Gasteiger partial charge in [-0.1, -0.05) is 47.1 Å². The van der Waals surface area contributed by atoms with Gasteiger partial charge in [-0.15, -0.1) is 0 Å². The SMILES string of the molecule is COCCOc1ccc(N2C(=S)N[C@H](c3ccccn3)[C@@H]2c2ccc(Sc3ccc(C)cc3)o2)cc1Cl. The number of nitrogens with zero attached hydrogens (tertiary/aromatic N) is 2. The van der Waals surface area contributed by atoms with E-state index >= 15 is 0 Å². The van der Waals surface area contributed by atoms with E-state index in [0.29, 0.717) is 29.1 Å². The first kappa shape index (κ1) is 25.6. The van der Waals surface area contributed by atoms with Gasteiger partial charge in [0, 0.05) is 23.9 Å². The molecule has 1 aliphatic rings. The van der Waals surface area contributed by atoms with Crippen molar-refractivity contribution in [3.8, 4) is 5.75 Å². The second-order valence-corrected chi connectivity index (χ2v) is 10.4. The second-order valence-electron chi connectivity index (χ2n) is 8.52. The second kappa shape index (κ2) is 11.6. The predicted molar refractivity (Wildman–Crippen MR) is 151 cm³/mol. The zero-order valence-electron chi connectivity index (χ0n) is 20.4. The Morgan fingerprint density at radius 2 is 1.92 bits per heavy atom. The van der Waals surface area contributed by atoms with E-state index in [-0.39, 0.29) is 12.1 Å². The number of halogens is 1. The summed E-state index contributed by atoms with van der Waals surface area (Å²) < 4.78 is 17.2. The molecule has 0 spiro atoms. The Morgan fingerprint density at radius 1 is 1.08 bits per heavy atom. The number of anilines is 1. The van der Waals surface area contributed by atoms with Crippen molar-refractivity contribution in [3.05, 3.63) is 101 Å². The molecule has 0 aliphatic carbocycles. The lowest BCUT2D eigenvalue weighted by atomic mass is 10.0. The van der Waals surface area contributed by atoms with Crippen LogP contribution in [0.4, 0.5) is 5.69 Å². The molecule has 1 N–H and O–H groups in total. The lowest BCUT2D eigenvalue weighted by Crippen LogP contribution is -2.29. The van der Waals surface area contributed by atoms with Crippen molar-refractivity contribution in [1.82, 2.24) is 10.3 Å². The Labute approximate surface area is 230 Å². The van der Waals surface area contributed by atoms with Crippen LogP contribution in [0.25, 0.3) is 0 Å². The van der Waals surface area contributed by atoms with Gasteiger partial charge in [0.05, 0.1) is 23.4 Å². The van der Waals surface area contributed by atoms with Crippen molar-refractivity contribution >= 4 is 46.4 Å². The van der Waals surface area contributed by atoms with Gasteiger partial charge in [-0.25, -0.2) is 0 Å². The minimum Gasteiger partial charge on any atom is -0.490 e. The number of methoxy groups -OCH3 is 1. The largest absolute Gasteiger partial charge is 0.490 e. The average Bonchev–Trinajstić information content (AvgIpc) is 3.51. The first-order chi connectivity index (χ1) is 18.0. The van der Waals surface area contributed by atoms with Gasteiger partial charge in [-0.2, -0.15) is 0 Å². The summed E-state index contributed by atoms with van der Waals surface area (Å²) in [5, 5.41) is 5.30. The van der Waals surface area contributed by atoms with Crippen molar-refractivity contribution in [2.45, 2.75) is 29.0 Å². The van der Waals surface area contributed by atoms with Gasteiger partial charge in [0.15, 0.2) is 10.2 Å². The molecule has 3 heterocycles. The van der Waals surface area contributed by atoms with Crippen LogP contribution in [0.1, 0.15) is 29.1 Å². The molecule has 2 aromatic carbocycles. The summed E-state index contributed by atoms with van der Waals surface area (Å²) in [6.45, 7) is 2.97. The summed E-state index contributed by atoms with van der Waals surface area (Å²) in [5.74, 6) is 1.36. The third-order valence-corrected chi connectivity index (χ3v) is 7.51. The molecule has 9 heteroatoms. The number of nitrogens with one attached hydrogen (secondary N) is 1. The van der Waals surface area contributed by atoms with E-state index in [2.05, 4.69) is 41.5 Å². The molecule has 1 saturated heterocycles. The normalized spacial score (nSPS) is 17.2. The maximum atomic E-state index is 6.59. The number of ether oxygens (including phenoxy) is 2. The lowest BCUT2D eigenvalue weighted by molar-refractivity contribution is 0.146. The van der Waals surface area contributed by atoms with Gasteiger partial charge in [0.25, 0.3) is 0 Å². The smallest absolute Gasteiger partial charge is 0.174 e. The number of pyridine rings is 1. The Kier molecular flexibility index (Phi) is 8.00. The molecule has 0 radical (unpaired) electrons. The van der Waals surface area contributed by atoms with Crippen LogP contribution in [-0.2, 0) is 4.74 Å². The van der Waals surface area contributed by atoms with Crippen molar-refractivity contribution in [2.24, 2.45) is 0 Å². The molecule has 0 saturated carbocycles. The third kappa shape index (κ3) is 5.78. The van der Waals surface area contributed by atoms with Gasteiger partial charge in [-0.05, 0) is 73.7 Å². The molecule has 6 nitrogen and oxygen atoms in total. The van der Waals surface area contributed by atoms with Crippen LogP contribution in [0.2, 0.25) is 5.02 Å². The molecular formula is C28H26ClN3O3S2. The first-order valence-corrected chi connectivity index (χ1v) is 13.4. The predicted octanol–water partition coefficient (Wildman–Crippen LogP) is 6.99.